The summed E-state index contributed by atoms with van der Waals surface area (Å²) in [6, 6.07) is -0.192. The van der Waals surface area contributed by atoms with Crippen LogP contribution in [-0.2, 0) is 14.9 Å². The van der Waals surface area contributed by atoms with Crippen LogP contribution in [-0.4, -0.2) is 51.6 Å². The normalized spacial score (nSPS) is 23.2. The van der Waals surface area contributed by atoms with Crippen molar-refractivity contribution in [2.75, 3.05) is 26.7 Å². The minimum atomic E-state index is -3.42. The Bertz CT molecular complexity index is 315. The number of hydrogen-bond acceptors (Lipinski definition) is 4. The van der Waals surface area contributed by atoms with E-state index in [-0.39, 0.29) is 12.1 Å². The first kappa shape index (κ1) is 14.8. The summed E-state index contributed by atoms with van der Waals surface area (Å²) in [6.07, 6.45) is 2.56. The SMILES string of the molecule is CC(NS(=O)(=O)N(C)CCCN)C1CCCO1. The van der Waals surface area contributed by atoms with Crippen LogP contribution in [0.1, 0.15) is 26.2 Å². The summed E-state index contributed by atoms with van der Waals surface area (Å²) in [6.45, 7) is 3.48. The molecule has 1 fully saturated rings. The smallest absolute Gasteiger partial charge is 0.279 e. The molecule has 7 heteroatoms. The summed E-state index contributed by atoms with van der Waals surface area (Å²) in [4.78, 5) is 0. The predicted molar refractivity (Wildman–Crippen MR) is 66.8 cm³/mol. The number of rotatable bonds is 7. The van der Waals surface area contributed by atoms with E-state index in [0.29, 0.717) is 19.5 Å². The molecule has 0 radical (unpaired) electrons. The lowest BCUT2D eigenvalue weighted by atomic mass is 10.1. The fraction of sp³-hybridized carbons (Fsp3) is 1.00. The molecule has 0 aromatic heterocycles. The monoisotopic (exact) mass is 265 g/mol. The third kappa shape index (κ3) is 4.51. The molecule has 1 aliphatic rings. The second-order valence-electron chi connectivity index (χ2n) is 4.43. The van der Waals surface area contributed by atoms with Crippen molar-refractivity contribution >= 4 is 10.2 Å². The van der Waals surface area contributed by atoms with Crippen LogP contribution in [0.25, 0.3) is 0 Å². The Balaban J connectivity index is 2.46. The van der Waals surface area contributed by atoms with E-state index in [0.717, 1.165) is 19.4 Å². The van der Waals surface area contributed by atoms with Crippen LogP contribution < -0.4 is 10.5 Å². The summed E-state index contributed by atoms with van der Waals surface area (Å²) in [5.74, 6) is 0. The molecule has 1 heterocycles. The molecule has 0 amide bonds. The van der Waals surface area contributed by atoms with Crippen molar-refractivity contribution in [1.29, 1.82) is 0 Å². The first-order valence-corrected chi connectivity index (χ1v) is 7.46. The molecule has 1 aliphatic heterocycles. The molecule has 1 saturated heterocycles. The molecule has 0 bridgehead atoms. The van der Waals surface area contributed by atoms with Crippen molar-refractivity contribution < 1.29 is 13.2 Å². The van der Waals surface area contributed by atoms with Gasteiger partial charge in [0.1, 0.15) is 0 Å². The Kier molecular flexibility index (Phi) is 5.81. The zero-order chi connectivity index (χ0) is 12.9. The fourth-order valence-electron chi connectivity index (χ4n) is 1.83. The van der Waals surface area contributed by atoms with Gasteiger partial charge in [0.05, 0.1) is 6.10 Å². The zero-order valence-corrected chi connectivity index (χ0v) is 11.4. The third-order valence-electron chi connectivity index (χ3n) is 2.94. The highest BCUT2D eigenvalue weighted by Gasteiger charge is 2.27. The van der Waals surface area contributed by atoms with Gasteiger partial charge >= 0.3 is 0 Å². The molecule has 17 heavy (non-hydrogen) atoms. The quantitative estimate of drug-likeness (QED) is 0.660. The van der Waals surface area contributed by atoms with Gasteiger partial charge in [-0.2, -0.15) is 17.4 Å². The standard InChI is InChI=1S/C10H23N3O3S/c1-9(10-5-3-8-16-10)12-17(14,15)13(2)7-4-6-11/h9-10,12H,3-8,11H2,1-2H3. The van der Waals surface area contributed by atoms with Crippen LogP contribution in [0.4, 0.5) is 0 Å². The Morgan fingerprint density at radius 2 is 2.29 bits per heavy atom. The molecule has 6 nitrogen and oxygen atoms in total. The lowest BCUT2D eigenvalue weighted by molar-refractivity contribution is 0.0897. The summed E-state index contributed by atoms with van der Waals surface area (Å²) >= 11 is 0. The average molecular weight is 265 g/mol. The Morgan fingerprint density at radius 3 is 2.82 bits per heavy atom. The average Bonchev–Trinajstić information content (AvgIpc) is 2.78. The molecule has 2 atom stereocenters. The van der Waals surface area contributed by atoms with Crippen molar-refractivity contribution in [3.63, 3.8) is 0 Å². The Hall–Kier alpha value is -0.210. The van der Waals surface area contributed by atoms with Gasteiger partial charge in [0.2, 0.25) is 0 Å². The van der Waals surface area contributed by atoms with Crippen LogP contribution in [0.15, 0.2) is 0 Å². The largest absolute Gasteiger partial charge is 0.377 e. The molecule has 3 N–H and O–H groups in total. The molecule has 0 aromatic rings. The van der Waals surface area contributed by atoms with E-state index < -0.39 is 10.2 Å². The van der Waals surface area contributed by atoms with Gasteiger partial charge in [-0.3, -0.25) is 0 Å². The van der Waals surface area contributed by atoms with Gasteiger partial charge in [0.15, 0.2) is 0 Å². The number of nitrogens with zero attached hydrogens (tertiary/aromatic N) is 1. The van der Waals surface area contributed by atoms with E-state index in [2.05, 4.69) is 4.72 Å². The fourth-order valence-corrected chi connectivity index (χ4v) is 3.00. The Labute approximate surface area is 104 Å². The summed E-state index contributed by atoms with van der Waals surface area (Å²) in [5, 5.41) is 0. The van der Waals surface area contributed by atoms with E-state index in [4.69, 9.17) is 10.5 Å². The van der Waals surface area contributed by atoms with E-state index in [1.54, 1.807) is 7.05 Å². The van der Waals surface area contributed by atoms with Crippen LogP contribution >= 0.6 is 0 Å². The summed E-state index contributed by atoms with van der Waals surface area (Å²) < 4.78 is 33.2. The van der Waals surface area contributed by atoms with Crippen LogP contribution in [0.3, 0.4) is 0 Å². The minimum absolute atomic E-state index is 0.00677. The minimum Gasteiger partial charge on any atom is -0.377 e. The van der Waals surface area contributed by atoms with Gasteiger partial charge in [-0.05, 0) is 32.7 Å². The molecule has 0 spiro atoms. The predicted octanol–water partition coefficient (Wildman–Crippen LogP) is -0.331. The highest BCUT2D eigenvalue weighted by molar-refractivity contribution is 7.87. The maximum absolute atomic E-state index is 11.9. The number of ether oxygens (including phenoxy) is 1. The van der Waals surface area contributed by atoms with Gasteiger partial charge in [-0.15, -0.1) is 0 Å². The Morgan fingerprint density at radius 1 is 1.59 bits per heavy atom. The van der Waals surface area contributed by atoms with Crippen LogP contribution in [0.5, 0.6) is 0 Å². The molecule has 0 aromatic carbocycles. The van der Waals surface area contributed by atoms with Gasteiger partial charge in [0, 0.05) is 26.2 Å². The van der Waals surface area contributed by atoms with Crippen molar-refractivity contribution in [1.82, 2.24) is 9.03 Å². The first-order valence-electron chi connectivity index (χ1n) is 6.02. The van der Waals surface area contributed by atoms with Crippen molar-refractivity contribution in [2.24, 2.45) is 5.73 Å². The van der Waals surface area contributed by atoms with E-state index in [9.17, 15) is 8.42 Å². The van der Waals surface area contributed by atoms with Crippen molar-refractivity contribution in [2.45, 2.75) is 38.3 Å². The molecule has 0 saturated carbocycles. The van der Waals surface area contributed by atoms with Gasteiger partial charge in [0.25, 0.3) is 10.2 Å². The zero-order valence-electron chi connectivity index (χ0n) is 10.6. The second kappa shape index (κ2) is 6.65. The highest BCUT2D eigenvalue weighted by atomic mass is 32.2. The molecular formula is C10H23N3O3S. The summed E-state index contributed by atoms with van der Waals surface area (Å²) in [7, 11) is -1.87. The molecule has 2 unspecified atom stereocenters. The van der Waals surface area contributed by atoms with E-state index in [1.807, 2.05) is 6.92 Å². The topological polar surface area (TPSA) is 84.7 Å². The number of hydrogen-bond donors (Lipinski definition) is 2. The maximum Gasteiger partial charge on any atom is 0.279 e. The lowest BCUT2D eigenvalue weighted by Gasteiger charge is -2.24. The third-order valence-corrected chi connectivity index (χ3v) is 4.62. The molecule has 0 aliphatic carbocycles. The number of nitrogens with one attached hydrogen (secondary N) is 1. The van der Waals surface area contributed by atoms with Gasteiger partial charge in [-0.25, -0.2) is 0 Å². The van der Waals surface area contributed by atoms with Gasteiger partial charge in [-0.1, -0.05) is 0 Å². The van der Waals surface area contributed by atoms with Crippen LogP contribution in [0.2, 0.25) is 0 Å². The van der Waals surface area contributed by atoms with Crippen molar-refractivity contribution in [3.05, 3.63) is 0 Å². The van der Waals surface area contributed by atoms with Crippen LogP contribution in [0, 0.1) is 0 Å². The lowest BCUT2D eigenvalue weighted by Crippen LogP contribution is -2.47. The second-order valence-corrected chi connectivity index (χ2v) is 6.24. The van der Waals surface area contributed by atoms with Crippen molar-refractivity contribution in [3.8, 4) is 0 Å². The summed E-state index contributed by atoms with van der Waals surface area (Å²) in [5.41, 5.74) is 5.36. The molecule has 102 valence electrons. The molecule has 1 rings (SSSR count). The van der Waals surface area contributed by atoms with Gasteiger partial charge < -0.3 is 10.5 Å². The van der Waals surface area contributed by atoms with E-state index >= 15 is 0 Å². The maximum atomic E-state index is 11.9. The highest BCUT2D eigenvalue weighted by Crippen LogP contribution is 2.16. The number of nitrogens with two attached hydrogens (primary N) is 1. The molecular weight excluding hydrogens is 242 g/mol. The van der Waals surface area contributed by atoms with E-state index in [1.165, 1.54) is 4.31 Å². The first-order chi connectivity index (χ1) is 7.97.